The summed E-state index contributed by atoms with van der Waals surface area (Å²) in [6.07, 6.45) is 1.44. The first-order valence-electron chi connectivity index (χ1n) is 10.6. The topological polar surface area (TPSA) is 52.0 Å². The third-order valence-electron chi connectivity index (χ3n) is 6.17. The van der Waals surface area contributed by atoms with E-state index in [2.05, 4.69) is 62.5 Å². The van der Waals surface area contributed by atoms with E-state index in [4.69, 9.17) is 4.74 Å². The van der Waals surface area contributed by atoms with Crippen molar-refractivity contribution in [3.05, 3.63) is 59.9 Å². The standard InChI is InChI=1S/C18H25B7F2N4O/c1-9-5-12(29-15-28-8-31(30-15)11-4-2-3-10(26)7-11)14(27)13(6-9)32-16(19,17(20,21)22)18(23,24)25/h2-8H,19-25H2,1H3,(H,29,30). The fourth-order valence-electron chi connectivity index (χ4n) is 3.74. The van der Waals surface area contributed by atoms with E-state index in [0.29, 0.717) is 5.69 Å². The molecule has 0 fully saturated rings. The van der Waals surface area contributed by atoms with Gasteiger partial charge < -0.3 is 10.1 Å². The average molecular weight is 427 g/mol. The highest BCUT2D eigenvalue weighted by Crippen LogP contribution is 2.45. The van der Waals surface area contributed by atoms with E-state index in [1.165, 1.54) is 23.1 Å². The Hall–Kier alpha value is -2.51. The number of anilines is 2. The number of aromatic nitrogens is 3. The Bertz CT molecular complexity index is 1120. The number of aryl methyl sites for hydroxylation is 1. The van der Waals surface area contributed by atoms with Crippen LogP contribution in [0.25, 0.3) is 5.69 Å². The average Bonchev–Trinajstić information content (AvgIpc) is 3.12. The molecule has 1 aromatic heterocycles. The fourth-order valence-corrected chi connectivity index (χ4v) is 3.74. The van der Waals surface area contributed by atoms with Crippen molar-refractivity contribution in [2.75, 3.05) is 5.32 Å². The number of nitrogens with one attached hydrogen (secondary N) is 1. The molecule has 0 bridgehead atoms. The fraction of sp³-hybridized carbons (Fsp3) is 0.222. The summed E-state index contributed by atoms with van der Waals surface area (Å²) in [5.41, 5.74) is 0.912. The van der Waals surface area contributed by atoms with Crippen molar-refractivity contribution in [2.45, 2.75) is 22.7 Å². The molecule has 0 amide bonds. The van der Waals surface area contributed by atoms with Gasteiger partial charge in [-0.2, -0.15) is 4.98 Å². The van der Waals surface area contributed by atoms with Crippen LogP contribution < -0.4 is 10.1 Å². The van der Waals surface area contributed by atoms with Crippen molar-refractivity contribution >= 4 is 66.6 Å². The summed E-state index contributed by atoms with van der Waals surface area (Å²) in [5.74, 6) is -0.527. The van der Waals surface area contributed by atoms with Crippen molar-refractivity contribution in [1.82, 2.24) is 14.8 Å². The second-order valence-corrected chi connectivity index (χ2v) is 10.4. The van der Waals surface area contributed by atoms with E-state index < -0.39 is 11.3 Å². The minimum Gasteiger partial charge on any atom is -0.497 e. The van der Waals surface area contributed by atoms with E-state index in [0.717, 1.165) is 5.56 Å². The quantitative estimate of drug-likeness (QED) is 0.416. The molecule has 32 heavy (non-hydrogen) atoms. The van der Waals surface area contributed by atoms with Gasteiger partial charge in [0.2, 0.25) is 5.95 Å². The molecule has 0 aliphatic rings. The van der Waals surface area contributed by atoms with E-state index >= 15 is 4.39 Å². The Balaban J connectivity index is 1.94. The number of hydrogen-bond donors (Lipinski definition) is 1. The lowest BCUT2D eigenvalue weighted by molar-refractivity contribution is 0.151. The first-order valence-corrected chi connectivity index (χ1v) is 10.6. The largest absolute Gasteiger partial charge is 0.497 e. The van der Waals surface area contributed by atoms with Gasteiger partial charge in [-0.25, -0.2) is 13.5 Å². The first kappa shape index (κ1) is 24.1. The van der Waals surface area contributed by atoms with Crippen LogP contribution in [0.1, 0.15) is 5.56 Å². The highest BCUT2D eigenvalue weighted by molar-refractivity contribution is 6.69. The van der Waals surface area contributed by atoms with Crippen LogP contribution in [0, 0.1) is 18.6 Å². The molecule has 158 valence electrons. The molecule has 14 heteroatoms. The van der Waals surface area contributed by atoms with Crippen molar-refractivity contribution in [3.63, 3.8) is 0 Å². The maximum Gasteiger partial charge on any atom is 0.247 e. The molecule has 2 aromatic carbocycles. The molecule has 0 saturated carbocycles. The minimum absolute atomic E-state index is 0.171. The second-order valence-electron chi connectivity index (χ2n) is 10.4. The summed E-state index contributed by atoms with van der Waals surface area (Å²) < 4.78 is 36.9. The van der Waals surface area contributed by atoms with E-state index in [-0.39, 0.29) is 33.4 Å². The van der Waals surface area contributed by atoms with E-state index in [9.17, 15) is 4.39 Å². The lowest BCUT2D eigenvalue weighted by Gasteiger charge is -2.52. The molecule has 0 unspecified atom stereocenters. The van der Waals surface area contributed by atoms with Gasteiger partial charge >= 0.3 is 0 Å². The smallest absolute Gasteiger partial charge is 0.247 e. The van der Waals surface area contributed by atoms with Gasteiger partial charge in [0.15, 0.2) is 19.4 Å². The molecule has 1 N–H and O–H groups in total. The summed E-state index contributed by atoms with van der Waals surface area (Å²) >= 11 is 0. The van der Waals surface area contributed by atoms with Crippen LogP contribution in [-0.2, 0) is 0 Å². The number of halogens is 2. The van der Waals surface area contributed by atoms with Crippen LogP contribution in [0.3, 0.4) is 0 Å². The van der Waals surface area contributed by atoms with Gasteiger partial charge in [-0.3, -0.25) is 0 Å². The van der Waals surface area contributed by atoms with Gasteiger partial charge in [0.05, 0.1) is 58.5 Å². The Kier molecular flexibility index (Phi) is 6.37. The summed E-state index contributed by atoms with van der Waals surface area (Å²) in [7, 11) is 14.6. The summed E-state index contributed by atoms with van der Waals surface area (Å²) in [5, 5.41) is 6.72. The zero-order valence-corrected chi connectivity index (χ0v) is 20.0. The second kappa shape index (κ2) is 8.45. The molecular formula is C18H25B7F2N4O. The molecule has 0 aliphatic heterocycles. The van der Waals surface area contributed by atoms with Gasteiger partial charge in [-0.1, -0.05) is 16.3 Å². The Morgan fingerprint density at radius 2 is 1.62 bits per heavy atom. The summed E-state index contributed by atoms with van der Waals surface area (Å²) in [6, 6.07) is 9.38. The van der Waals surface area contributed by atoms with Crippen LogP contribution in [0.2, 0.25) is 10.2 Å². The van der Waals surface area contributed by atoms with Gasteiger partial charge in [0, 0.05) is 5.50 Å². The molecule has 0 aliphatic carbocycles. The highest BCUT2D eigenvalue weighted by atomic mass is 19.1. The predicted molar refractivity (Wildman–Crippen MR) is 144 cm³/mol. The number of hydrogen-bond acceptors (Lipinski definition) is 4. The highest BCUT2D eigenvalue weighted by Gasteiger charge is 2.48. The SMILES string of the molecule is BC(B)(B)C(B)(Oc1cc(C)cc(Nc2ncn(-c3cccc(F)c3)n2)c1F)C(B)(B)B. The Morgan fingerprint density at radius 3 is 2.22 bits per heavy atom. The van der Waals surface area contributed by atoms with Crippen LogP contribution in [0.5, 0.6) is 5.75 Å². The molecule has 0 saturated heterocycles. The maximum absolute atomic E-state index is 15.5. The molecule has 0 spiro atoms. The number of nitrogens with zero attached hydrogens (tertiary/aromatic N) is 3. The molecule has 3 rings (SSSR count). The molecular weight excluding hydrogens is 402 g/mol. The van der Waals surface area contributed by atoms with E-state index in [1.54, 1.807) is 24.3 Å². The van der Waals surface area contributed by atoms with Gasteiger partial charge in [0.25, 0.3) is 0 Å². The Labute approximate surface area is 194 Å². The van der Waals surface area contributed by atoms with Crippen LogP contribution in [0.4, 0.5) is 20.4 Å². The zero-order valence-electron chi connectivity index (χ0n) is 20.0. The van der Waals surface area contributed by atoms with Crippen LogP contribution >= 0.6 is 0 Å². The van der Waals surface area contributed by atoms with E-state index in [1.807, 2.05) is 14.8 Å². The first-order chi connectivity index (χ1) is 14.7. The third-order valence-corrected chi connectivity index (χ3v) is 6.17. The molecule has 0 atom stereocenters. The number of ether oxygens (including phenoxy) is 1. The van der Waals surface area contributed by atoms with Crippen molar-refractivity contribution in [2.24, 2.45) is 0 Å². The van der Waals surface area contributed by atoms with Crippen molar-refractivity contribution < 1.29 is 13.5 Å². The normalized spacial score (nSPS) is 12.5. The predicted octanol–water partition coefficient (Wildman–Crippen LogP) is -2.75. The van der Waals surface area contributed by atoms with Gasteiger partial charge in [-0.15, -0.1) is 5.10 Å². The third kappa shape index (κ3) is 4.79. The van der Waals surface area contributed by atoms with Crippen molar-refractivity contribution in [3.8, 4) is 11.4 Å². The van der Waals surface area contributed by atoms with Crippen molar-refractivity contribution in [1.29, 1.82) is 0 Å². The molecule has 0 radical (unpaired) electrons. The molecule has 1 heterocycles. The number of rotatable bonds is 7. The minimum atomic E-state index is -0.650. The Morgan fingerprint density at radius 1 is 0.969 bits per heavy atom. The van der Waals surface area contributed by atoms with Crippen LogP contribution in [-0.4, -0.2) is 75.2 Å². The monoisotopic (exact) mass is 428 g/mol. The van der Waals surface area contributed by atoms with Gasteiger partial charge in [0.1, 0.15) is 12.1 Å². The molecule has 5 nitrogen and oxygen atoms in total. The van der Waals surface area contributed by atoms with Crippen LogP contribution in [0.15, 0.2) is 42.7 Å². The number of benzene rings is 2. The lowest BCUT2D eigenvalue weighted by atomic mass is 9.19. The summed E-state index contributed by atoms with van der Waals surface area (Å²) in [4.78, 5) is 4.18. The lowest BCUT2D eigenvalue weighted by Crippen LogP contribution is -2.59. The molecule has 3 aromatic rings. The summed E-state index contributed by atoms with van der Waals surface area (Å²) in [6.45, 7) is 1.88. The van der Waals surface area contributed by atoms with Gasteiger partial charge in [-0.05, 0) is 42.8 Å². The zero-order chi connectivity index (χ0) is 23.9. The maximum atomic E-state index is 15.5.